The quantitative estimate of drug-likeness (QED) is 0.780. The zero-order chi connectivity index (χ0) is 12.1. The summed E-state index contributed by atoms with van der Waals surface area (Å²) in [5.41, 5.74) is 0.959. The molecule has 1 aliphatic heterocycles. The molecular formula is C12H15N3O2. The second-order valence-electron chi connectivity index (χ2n) is 3.77. The minimum atomic E-state index is -0.147. The molecule has 2 amide bonds. The van der Waals surface area contributed by atoms with Crippen molar-refractivity contribution in [1.82, 2.24) is 9.91 Å². The predicted molar refractivity (Wildman–Crippen MR) is 64.8 cm³/mol. The number of hydrogen-bond donors (Lipinski definition) is 1. The third-order valence-electron chi connectivity index (χ3n) is 2.59. The molecule has 17 heavy (non-hydrogen) atoms. The molecule has 0 aliphatic carbocycles. The van der Waals surface area contributed by atoms with E-state index in [2.05, 4.69) is 5.10 Å². The van der Waals surface area contributed by atoms with Crippen LogP contribution in [0.15, 0.2) is 35.4 Å². The molecule has 0 aromatic heterocycles. The van der Waals surface area contributed by atoms with Crippen molar-refractivity contribution in [3.8, 4) is 0 Å². The molecule has 90 valence electrons. The number of nitrogens with zero attached hydrogens (tertiary/aromatic N) is 3. The fourth-order valence-electron chi connectivity index (χ4n) is 1.68. The summed E-state index contributed by atoms with van der Waals surface area (Å²) < 4.78 is 0. The number of aliphatic hydroxyl groups excluding tert-OH is 1. The second kappa shape index (κ2) is 5.45. The van der Waals surface area contributed by atoms with Gasteiger partial charge in [-0.3, -0.25) is 0 Å². The van der Waals surface area contributed by atoms with E-state index in [4.69, 9.17) is 5.11 Å². The highest BCUT2D eigenvalue weighted by Crippen LogP contribution is 2.08. The molecule has 0 bridgehead atoms. The number of hydrazone groups is 1. The SMILES string of the molecule is O=C1N(CCO)CCN1/N=C/c1ccccc1. The average Bonchev–Trinajstić information content (AvgIpc) is 2.70. The minimum absolute atomic E-state index is 0.0119. The Kier molecular flexibility index (Phi) is 3.72. The van der Waals surface area contributed by atoms with Gasteiger partial charge in [0.05, 0.1) is 19.4 Å². The molecule has 5 nitrogen and oxygen atoms in total. The third kappa shape index (κ3) is 2.82. The molecule has 0 saturated carbocycles. The first kappa shape index (κ1) is 11.6. The Morgan fingerprint density at radius 1 is 1.29 bits per heavy atom. The van der Waals surface area contributed by atoms with Crippen molar-refractivity contribution in [2.24, 2.45) is 5.10 Å². The van der Waals surface area contributed by atoms with Gasteiger partial charge in [-0.05, 0) is 5.56 Å². The van der Waals surface area contributed by atoms with E-state index >= 15 is 0 Å². The lowest BCUT2D eigenvalue weighted by Gasteiger charge is -2.13. The van der Waals surface area contributed by atoms with Crippen LogP contribution in [0.25, 0.3) is 0 Å². The maximum atomic E-state index is 11.7. The molecule has 1 N–H and O–H groups in total. The first-order chi connectivity index (χ1) is 8.31. The molecule has 5 heteroatoms. The molecule has 1 saturated heterocycles. The van der Waals surface area contributed by atoms with Crippen molar-refractivity contribution < 1.29 is 9.90 Å². The zero-order valence-corrected chi connectivity index (χ0v) is 9.49. The van der Waals surface area contributed by atoms with Crippen molar-refractivity contribution in [3.63, 3.8) is 0 Å². The van der Waals surface area contributed by atoms with Crippen LogP contribution in [-0.2, 0) is 0 Å². The smallest absolute Gasteiger partial charge is 0.340 e. The van der Waals surface area contributed by atoms with E-state index in [0.29, 0.717) is 19.6 Å². The molecule has 2 rings (SSSR count). The summed E-state index contributed by atoms with van der Waals surface area (Å²) in [7, 11) is 0. The van der Waals surface area contributed by atoms with Crippen LogP contribution in [0.5, 0.6) is 0 Å². The lowest BCUT2D eigenvalue weighted by Crippen LogP contribution is -2.31. The number of benzene rings is 1. The first-order valence-electron chi connectivity index (χ1n) is 5.57. The van der Waals surface area contributed by atoms with Crippen LogP contribution >= 0.6 is 0 Å². The van der Waals surface area contributed by atoms with Gasteiger partial charge < -0.3 is 10.0 Å². The Labute approximate surface area is 100.0 Å². The maximum Gasteiger partial charge on any atom is 0.340 e. The zero-order valence-electron chi connectivity index (χ0n) is 9.49. The number of amides is 2. The van der Waals surface area contributed by atoms with E-state index in [9.17, 15) is 4.79 Å². The average molecular weight is 233 g/mol. The summed E-state index contributed by atoms with van der Waals surface area (Å²) in [4.78, 5) is 13.3. The van der Waals surface area contributed by atoms with Gasteiger partial charge in [0.25, 0.3) is 0 Å². The predicted octanol–water partition coefficient (Wildman–Crippen LogP) is 0.750. The van der Waals surface area contributed by atoms with E-state index in [-0.39, 0.29) is 12.6 Å². The maximum absolute atomic E-state index is 11.7. The van der Waals surface area contributed by atoms with Gasteiger partial charge >= 0.3 is 6.03 Å². The van der Waals surface area contributed by atoms with Gasteiger partial charge in [-0.25, -0.2) is 9.80 Å². The highest BCUT2D eigenvalue weighted by Gasteiger charge is 2.27. The van der Waals surface area contributed by atoms with Crippen LogP contribution in [-0.4, -0.2) is 53.5 Å². The third-order valence-corrected chi connectivity index (χ3v) is 2.59. The fourth-order valence-corrected chi connectivity index (χ4v) is 1.68. The van der Waals surface area contributed by atoms with Crippen molar-refractivity contribution in [3.05, 3.63) is 35.9 Å². The Bertz CT molecular complexity index is 405. The summed E-state index contributed by atoms with van der Waals surface area (Å²) in [6, 6.07) is 9.48. The molecule has 1 heterocycles. The standard InChI is InChI=1S/C12H15N3O2/c16-9-8-14-6-7-15(12(14)17)13-10-11-4-2-1-3-5-11/h1-5,10,16H,6-9H2/b13-10+. The Hall–Kier alpha value is -1.88. The number of carbonyl (C=O) groups excluding carboxylic acids is 1. The Morgan fingerprint density at radius 2 is 2.06 bits per heavy atom. The highest BCUT2D eigenvalue weighted by atomic mass is 16.3. The van der Waals surface area contributed by atoms with Gasteiger partial charge in [0.2, 0.25) is 0 Å². The topological polar surface area (TPSA) is 56.1 Å². The van der Waals surface area contributed by atoms with Crippen molar-refractivity contribution in [2.75, 3.05) is 26.2 Å². The van der Waals surface area contributed by atoms with Crippen LogP contribution in [0, 0.1) is 0 Å². The van der Waals surface area contributed by atoms with Gasteiger partial charge in [-0.1, -0.05) is 30.3 Å². The monoisotopic (exact) mass is 233 g/mol. The summed E-state index contributed by atoms with van der Waals surface area (Å²) in [6.45, 7) is 1.55. The van der Waals surface area contributed by atoms with Crippen molar-refractivity contribution in [2.45, 2.75) is 0 Å². The van der Waals surface area contributed by atoms with Gasteiger partial charge in [0, 0.05) is 13.1 Å². The van der Waals surface area contributed by atoms with Gasteiger partial charge in [0.15, 0.2) is 0 Å². The van der Waals surface area contributed by atoms with Gasteiger partial charge in [0.1, 0.15) is 0 Å². The van der Waals surface area contributed by atoms with E-state index in [0.717, 1.165) is 5.56 Å². The molecular weight excluding hydrogens is 218 g/mol. The summed E-state index contributed by atoms with van der Waals surface area (Å²) in [6.07, 6.45) is 1.67. The molecule has 0 spiro atoms. The number of carbonyl (C=O) groups is 1. The van der Waals surface area contributed by atoms with Crippen LogP contribution in [0.2, 0.25) is 0 Å². The lowest BCUT2D eigenvalue weighted by atomic mass is 10.2. The molecule has 0 atom stereocenters. The molecule has 1 aliphatic rings. The minimum Gasteiger partial charge on any atom is -0.395 e. The van der Waals surface area contributed by atoms with Crippen LogP contribution < -0.4 is 0 Å². The Morgan fingerprint density at radius 3 is 2.76 bits per heavy atom. The molecule has 1 aromatic rings. The number of hydrogen-bond acceptors (Lipinski definition) is 3. The van der Waals surface area contributed by atoms with E-state index in [1.165, 1.54) is 5.01 Å². The molecule has 1 aromatic carbocycles. The summed E-state index contributed by atoms with van der Waals surface area (Å²) >= 11 is 0. The van der Waals surface area contributed by atoms with Crippen LogP contribution in [0.4, 0.5) is 4.79 Å². The number of β-amino-alcohol motifs (C(OH)–C–C–N with tert-alkyl or cyclic N) is 1. The van der Waals surface area contributed by atoms with E-state index in [1.54, 1.807) is 11.1 Å². The van der Waals surface area contributed by atoms with Gasteiger partial charge in [-0.2, -0.15) is 5.10 Å². The fraction of sp³-hybridized carbons (Fsp3) is 0.333. The molecule has 0 unspecified atom stereocenters. The van der Waals surface area contributed by atoms with Crippen LogP contribution in [0.3, 0.4) is 0 Å². The van der Waals surface area contributed by atoms with Gasteiger partial charge in [-0.15, -0.1) is 0 Å². The normalized spacial score (nSPS) is 16.2. The van der Waals surface area contributed by atoms with Crippen molar-refractivity contribution in [1.29, 1.82) is 0 Å². The summed E-state index contributed by atoms with van der Waals surface area (Å²) in [5.74, 6) is 0. The van der Waals surface area contributed by atoms with Crippen molar-refractivity contribution >= 4 is 12.2 Å². The lowest BCUT2D eigenvalue weighted by molar-refractivity contribution is 0.180. The molecule has 1 fully saturated rings. The first-order valence-corrected chi connectivity index (χ1v) is 5.57. The van der Waals surface area contributed by atoms with E-state index < -0.39 is 0 Å². The second-order valence-corrected chi connectivity index (χ2v) is 3.77. The Balaban J connectivity index is 1.97. The van der Waals surface area contributed by atoms with E-state index in [1.807, 2.05) is 30.3 Å². The number of rotatable bonds is 4. The summed E-state index contributed by atoms with van der Waals surface area (Å²) in [5, 5.41) is 14.3. The highest BCUT2D eigenvalue weighted by molar-refractivity contribution is 5.82. The molecule has 0 radical (unpaired) electrons. The largest absolute Gasteiger partial charge is 0.395 e. The van der Waals surface area contributed by atoms with Crippen LogP contribution in [0.1, 0.15) is 5.56 Å². The number of aliphatic hydroxyl groups is 1. The number of urea groups is 1.